The first-order valence-electron chi connectivity index (χ1n) is 8.04. The molecule has 2 aliphatic carbocycles. The number of rotatable bonds is 3. The first-order valence-corrected chi connectivity index (χ1v) is 8.04. The van der Waals surface area contributed by atoms with E-state index in [0.29, 0.717) is 30.0 Å². The van der Waals surface area contributed by atoms with Crippen molar-refractivity contribution in [3.63, 3.8) is 0 Å². The van der Waals surface area contributed by atoms with Gasteiger partial charge in [0.1, 0.15) is 0 Å². The van der Waals surface area contributed by atoms with Crippen LogP contribution in [0.15, 0.2) is 42.6 Å². The number of amides is 2. The van der Waals surface area contributed by atoms with Crippen LogP contribution in [-0.4, -0.2) is 23.3 Å². The third kappa shape index (κ3) is 2.63. The smallest absolute Gasteiger partial charge is 0.313 e. The molecule has 0 saturated heterocycles. The molecular formula is C18H19N3O2. The number of aromatic nitrogens is 1. The Kier molecular flexibility index (Phi) is 3.41. The molecule has 1 fully saturated rings. The number of anilines is 1. The highest BCUT2D eigenvalue weighted by atomic mass is 16.2. The molecule has 3 N–H and O–H groups in total. The van der Waals surface area contributed by atoms with Gasteiger partial charge in [-0.2, -0.15) is 0 Å². The number of hydrogen-bond donors (Lipinski definition) is 3. The van der Waals surface area contributed by atoms with Crippen LogP contribution in [0.2, 0.25) is 0 Å². The van der Waals surface area contributed by atoms with Crippen LogP contribution in [0.3, 0.4) is 0 Å². The second kappa shape index (κ2) is 5.57. The van der Waals surface area contributed by atoms with Gasteiger partial charge in [0.15, 0.2) is 0 Å². The summed E-state index contributed by atoms with van der Waals surface area (Å²) in [6.45, 7) is 0.576. The van der Waals surface area contributed by atoms with Crippen molar-refractivity contribution >= 4 is 28.4 Å². The maximum atomic E-state index is 12.1. The maximum absolute atomic E-state index is 12.1. The van der Waals surface area contributed by atoms with Crippen molar-refractivity contribution in [2.45, 2.75) is 12.8 Å². The lowest BCUT2D eigenvalue weighted by atomic mass is 9.94. The van der Waals surface area contributed by atoms with Gasteiger partial charge < -0.3 is 15.6 Å². The number of benzene rings is 1. The van der Waals surface area contributed by atoms with E-state index in [-0.39, 0.29) is 0 Å². The van der Waals surface area contributed by atoms with Crippen LogP contribution < -0.4 is 10.6 Å². The van der Waals surface area contributed by atoms with Gasteiger partial charge in [-0.25, -0.2) is 0 Å². The van der Waals surface area contributed by atoms with Crippen LogP contribution in [0, 0.1) is 17.8 Å². The third-order valence-corrected chi connectivity index (χ3v) is 4.99. The second-order valence-corrected chi connectivity index (χ2v) is 6.45. The molecule has 2 aromatic rings. The zero-order valence-corrected chi connectivity index (χ0v) is 12.7. The van der Waals surface area contributed by atoms with Gasteiger partial charge in [-0.15, -0.1) is 0 Å². The highest BCUT2D eigenvalue weighted by Crippen LogP contribution is 2.42. The van der Waals surface area contributed by atoms with Crippen LogP contribution in [0.4, 0.5) is 5.69 Å². The fourth-order valence-electron chi connectivity index (χ4n) is 3.81. The molecule has 0 aliphatic heterocycles. The summed E-state index contributed by atoms with van der Waals surface area (Å²) in [6, 6.07) is 7.44. The predicted molar refractivity (Wildman–Crippen MR) is 88.8 cm³/mol. The van der Waals surface area contributed by atoms with E-state index in [1.165, 1.54) is 6.42 Å². The minimum absolute atomic E-state index is 0.467. The van der Waals surface area contributed by atoms with Gasteiger partial charge in [-0.3, -0.25) is 9.59 Å². The molecule has 1 heterocycles. The van der Waals surface area contributed by atoms with Gasteiger partial charge in [0.25, 0.3) is 0 Å². The fourth-order valence-corrected chi connectivity index (χ4v) is 3.81. The molecular weight excluding hydrogens is 290 g/mol. The molecule has 0 spiro atoms. The third-order valence-electron chi connectivity index (χ3n) is 4.99. The van der Waals surface area contributed by atoms with Gasteiger partial charge in [0, 0.05) is 23.6 Å². The molecule has 1 aromatic carbocycles. The van der Waals surface area contributed by atoms with Crippen LogP contribution in [0.5, 0.6) is 0 Å². The first-order chi connectivity index (χ1) is 11.2. The van der Waals surface area contributed by atoms with E-state index in [0.717, 1.165) is 17.3 Å². The maximum Gasteiger partial charge on any atom is 0.313 e. The molecule has 1 aromatic heterocycles. The van der Waals surface area contributed by atoms with Gasteiger partial charge in [-0.1, -0.05) is 18.2 Å². The minimum atomic E-state index is -0.614. The highest BCUT2D eigenvalue weighted by Gasteiger charge is 2.35. The normalized spacial score (nSPS) is 25.0. The van der Waals surface area contributed by atoms with Gasteiger partial charge >= 0.3 is 11.8 Å². The summed E-state index contributed by atoms with van der Waals surface area (Å²) >= 11 is 0. The Hall–Kier alpha value is -2.56. The van der Waals surface area contributed by atoms with E-state index in [2.05, 4.69) is 27.8 Å². The lowest BCUT2D eigenvalue weighted by Crippen LogP contribution is -2.38. The second-order valence-electron chi connectivity index (χ2n) is 6.45. The fraction of sp³-hybridized carbons (Fsp3) is 0.333. The van der Waals surface area contributed by atoms with E-state index in [1.54, 1.807) is 6.07 Å². The number of carbonyl (C=O) groups excluding carboxylic acids is 2. The standard InChI is InChI=1S/C18H19N3O2/c22-17(20-10-13-9-11-4-5-12(13)8-11)18(23)21-16-3-1-2-15-14(16)6-7-19-15/h1-7,11-13,19H,8-10H2,(H,20,22)(H,21,23)/t11-,12-,13-/m0/s1. The molecule has 4 rings (SSSR count). The molecule has 2 bridgehead atoms. The summed E-state index contributed by atoms with van der Waals surface area (Å²) < 4.78 is 0. The molecule has 5 heteroatoms. The van der Waals surface area contributed by atoms with Crippen molar-refractivity contribution in [1.29, 1.82) is 0 Å². The zero-order valence-electron chi connectivity index (χ0n) is 12.7. The van der Waals surface area contributed by atoms with Crippen LogP contribution in [0.1, 0.15) is 12.8 Å². The van der Waals surface area contributed by atoms with E-state index < -0.39 is 11.8 Å². The summed E-state index contributed by atoms with van der Waals surface area (Å²) in [6.07, 6.45) is 8.64. The summed E-state index contributed by atoms with van der Waals surface area (Å²) in [5, 5.41) is 6.37. The Balaban J connectivity index is 1.36. The Bertz CT molecular complexity index is 792. The lowest BCUT2D eigenvalue weighted by molar-refractivity contribution is -0.136. The monoisotopic (exact) mass is 309 g/mol. The van der Waals surface area contributed by atoms with E-state index in [1.807, 2.05) is 24.4 Å². The number of nitrogens with one attached hydrogen (secondary N) is 3. The molecule has 5 nitrogen and oxygen atoms in total. The Morgan fingerprint density at radius 3 is 2.83 bits per heavy atom. The van der Waals surface area contributed by atoms with Crippen molar-refractivity contribution in [1.82, 2.24) is 10.3 Å². The highest BCUT2D eigenvalue weighted by molar-refractivity contribution is 6.40. The summed E-state index contributed by atoms with van der Waals surface area (Å²) in [7, 11) is 0. The quantitative estimate of drug-likeness (QED) is 0.602. The molecule has 1 saturated carbocycles. The SMILES string of the molecule is O=C(NC[C@@H]1C[C@H]2C=C[C@H]1C2)C(=O)Nc1cccc2[nH]ccc12. The summed E-state index contributed by atoms with van der Waals surface area (Å²) in [5.41, 5.74) is 1.57. The molecule has 0 radical (unpaired) electrons. The van der Waals surface area contributed by atoms with Gasteiger partial charge in [0.05, 0.1) is 5.69 Å². The number of hydrogen-bond acceptors (Lipinski definition) is 2. The Morgan fingerprint density at radius 1 is 1.13 bits per heavy atom. The van der Waals surface area contributed by atoms with E-state index in [4.69, 9.17) is 0 Å². The van der Waals surface area contributed by atoms with Crippen LogP contribution >= 0.6 is 0 Å². The summed E-state index contributed by atoms with van der Waals surface area (Å²) in [5.74, 6) is 0.524. The van der Waals surface area contributed by atoms with Gasteiger partial charge in [0.2, 0.25) is 0 Å². The van der Waals surface area contributed by atoms with E-state index in [9.17, 15) is 9.59 Å². The van der Waals surface area contributed by atoms with Crippen molar-refractivity contribution in [3.8, 4) is 0 Å². The van der Waals surface area contributed by atoms with Crippen molar-refractivity contribution in [2.24, 2.45) is 17.8 Å². The molecule has 2 aliphatic rings. The average Bonchev–Trinajstić information content (AvgIpc) is 3.28. The van der Waals surface area contributed by atoms with Crippen molar-refractivity contribution in [3.05, 3.63) is 42.6 Å². The molecule has 23 heavy (non-hydrogen) atoms. The topological polar surface area (TPSA) is 74.0 Å². The molecule has 2 amide bonds. The summed E-state index contributed by atoms with van der Waals surface area (Å²) in [4.78, 5) is 27.2. The Morgan fingerprint density at radius 2 is 2.04 bits per heavy atom. The number of aromatic amines is 1. The zero-order chi connectivity index (χ0) is 15.8. The average molecular weight is 309 g/mol. The van der Waals surface area contributed by atoms with Crippen molar-refractivity contribution in [2.75, 3.05) is 11.9 Å². The minimum Gasteiger partial charge on any atom is -0.361 e. The first kappa shape index (κ1) is 14.1. The number of allylic oxidation sites excluding steroid dienone is 2. The van der Waals surface area contributed by atoms with Crippen molar-refractivity contribution < 1.29 is 9.59 Å². The van der Waals surface area contributed by atoms with E-state index >= 15 is 0 Å². The number of carbonyl (C=O) groups is 2. The molecule has 118 valence electrons. The van der Waals surface area contributed by atoms with Crippen LogP contribution in [-0.2, 0) is 9.59 Å². The molecule has 0 unspecified atom stereocenters. The predicted octanol–water partition coefficient (Wildman–Crippen LogP) is 2.43. The molecule has 3 atom stereocenters. The largest absolute Gasteiger partial charge is 0.361 e. The van der Waals surface area contributed by atoms with Gasteiger partial charge in [-0.05, 0) is 48.8 Å². The number of H-pyrrole nitrogens is 1. The lowest BCUT2D eigenvalue weighted by Gasteiger charge is -2.18. The number of fused-ring (bicyclic) bond motifs is 3. The van der Waals surface area contributed by atoms with Crippen LogP contribution in [0.25, 0.3) is 10.9 Å². The Labute approximate surface area is 134 Å².